The summed E-state index contributed by atoms with van der Waals surface area (Å²) in [6.45, 7) is 0. The molecule has 0 atom stereocenters. The molecule has 1 aromatic carbocycles. The van der Waals surface area contributed by atoms with Gasteiger partial charge in [0, 0.05) is 23.2 Å². The topological polar surface area (TPSA) is 125 Å². The van der Waals surface area contributed by atoms with Crippen LogP contribution in [0.25, 0.3) is 10.9 Å². The van der Waals surface area contributed by atoms with E-state index in [1.165, 1.54) is 35.9 Å². The van der Waals surface area contributed by atoms with Gasteiger partial charge in [0.15, 0.2) is 5.75 Å². The zero-order chi connectivity index (χ0) is 15.7. The van der Waals surface area contributed by atoms with E-state index in [0.717, 1.165) is 6.07 Å². The first-order chi connectivity index (χ1) is 10.5. The van der Waals surface area contributed by atoms with Crippen LogP contribution in [0, 0.1) is 0 Å². The second-order valence-electron chi connectivity index (χ2n) is 4.13. The molecule has 0 amide bonds. The van der Waals surface area contributed by atoms with E-state index in [4.69, 9.17) is 0 Å². The first-order valence-electron chi connectivity index (χ1n) is 5.86. The number of azo groups is 1. The van der Waals surface area contributed by atoms with Crippen molar-refractivity contribution in [3.05, 3.63) is 36.0 Å². The maximum atomic E-state index is 11.5. The van der Waals surface area contributed by atoms with E-state index in [2.05, 4.69) is 20.2 Å². The number of pyridine rings is 1. The predicted molar refractivity (Wildman–Crippen MR) is 79.5 cm³/mol. The maximum Gasteiger partial charge on any atom is 0.295 e. The number of hydrogen-bond donors (Lipinski definition) is 2. The Morgan fingerprint density at radius 2 is 2.00 bits per heavy atom. The van der Waals surface area contributed by atoms with Gasteiger partial charge in [0.25, 0.3) is 10.1 Å². The van der Waals surface area contributed by atoms with Crippen LogP contribution in [0.15, 0.2) is 51.1 Å². The van der Waals surface area contributed by atoms with Gasteiger partial charge in [0.05, 0.1) is 0 Å². The summed E-state index contributed by atoms with van der Waals surface area (Å²) in [5.74, 6) is -0.330. The highest BCUT2D eigenvalue weighted by molar-refractivity contribution is 7.86. The summed E-state index contributed by atoms with van der Waals surface area (Å²) in [6.07, 6.45) is 2.92. The fourth-order valence-electron chi connectivity index (χ4n) is 1.84. The van der Waals surface area contributed by atoms with Crippen molar-refractivity contribution in [3.8, 4) is 5.75 Å². The highest BCUT2D eigenvalue weighted by Crippen LogP contribution is 2.38. The average Bonchev–Trinajstić information content (AvgIpc) is 2.99. The molecular formula is C12H8N4O4S2. The van der Waals surface area contributed by atoms with Gasteiger partial charge in [-0.1, -0.05) is 0 Å². The Hall–Kier alpha value is -2.43. The largest absolute Gasteiger partial charge is 0.504 e. The molecule has 0 spiro atoms. The van der Waals surface area contributed by atoms with Crippen LogP contribution in [-0.4, -0.2) is 28.0 Å². The Labute approximate surface area is 128 Å². The van der Waals surface area contributed by atoms with Crippen molar-refractivity contribution in [1.29, 1.82) is 0 Å². The molecule has 112 valence electrons. The van der Waals surface area contributed by atoms with E-state index in [-0.39, 0.29) is 22.3 Å². The average molecular weight is 336 g/mol. The number of phenolic OH excluding ortho intramolecular Hbond substituents is 1. The fraction of sp³-hybridized carbons (Fsp3) is 0. The molecular weight excluding hydrogens is 328 g/mol. The molecule has 2 N–H and O–H groups in total. The van der Waals surface area contributed by atoms with Crippen LogP contribution in [0.3, 0.4) is 0 Å². The van der Waals surface area contributed by atoms with Crippen molar-refractivity contribution in [2.45, 2.75) is 4.90 Å². The second kappa shape index (κ2) is 5.40. The molecule has 2 heterocycles. The van der Waals surface area contributed by atoms with Crippen molar-refractivity contribution in [2.75, 3.05) is 0 Å². The molecule has 0 aliphatic heterocycles. The molecule has 8 nitrogen and oxygen atoms in total. The fourth-order valence-corrected chi connectivity index (χ4v) is 2.99. The van der Waals surface area contributed by atoms with E-state index in [0.29, 0.717) is 5.13 Å². The van der Waals surface area contributed by atoms with Crippen LogP contribution in [-0.2, 0) is 10.1 Å². The zero-order valence-corrected chi connectivity index (χ0v) is 12.4. The second-order valence-corrected chi connectivity index (χ2v) is 6.39. The normalized spacial score (nSPS) is 12.2. The standard InChI is InChI=1S/C12H8N4O4S2/c17-11-8(15-16-12-14-4-5-21-12)6-9(22(18,19)20)7-2-1-3-13-10(7)11/h1-6,17H,(H,18,19,20). The van der Waals surface area contributed by atoms with Gasteiger partial charge >= 0.3 is 0 Å². The minimum Gasteiger partial charge on any atom is -0.504 e. The molecule has 0 fully saturated rings. The summed E-state index contributed by atoms with van der Waals surface area (Å²) in [4.78, 5) is 7.41. The first-order valence-corrected chi connectivity index (χ1v) is 8.18. The van der Waals surface area contributed by atoms with Gasteiger partial charge in [-0.25, -0.2) is 4.98 Å². The number of aromatic hydroxyl groups is 1. The van der Waals surface area contributed by atoms with Crippen LogP contribution < -0.4 is 0 Å². The summed E-state index contributed by atoms with van der Waals surface area (Å²) in [6, 6.07) is 3.95. The molecule has 3 rings (SSSR count). The molecule has 22 heavy (non-hydrogen) atoms. The number of aromatic nitrogens is 2. The minimum absolute atomic E-state index is 0.00529. The number of fused-ring (bicyclic) bond motifs is 1. The van der Waals surface area contributed by atoms with Crippen molar-refractivity contribution < 1.29 is 18.1 Å². The van der Waals surface area contributed by atoms with Gasteiger partial charge in [-0.05, 0) is 18.2 Å². The number of rotatable bonds is 3. The third kappa shape index (κ3) is 2.66. The number of phenols is 1. The van der Waals surface area contributed by atoms with E-state index in [1.54, 1.807) is 5.38 Å². The van der Waals surface area contributed by atoms with Crippen LogP contribution in [0.2, 0.25) is 0 Å². The lowest BCUT2D eigenvalue weighted by molar-refractivity contribution is 0.479. The molecule has 0 aliphatic carbocycles. The first kappa shape index (κ1) is 14.5. The molecule has 10 heteroatoms. The summed E-state index contributed by atoms with van der Waals surface area (Å²) in [5.41, 5.74) is -0.125. The number of nitrogens with zero attached hydrogens (tertiary/aromatic N) is 4. The maximum absolute atomic E-state index is 11.5. The van der Waals surface area contributed by atoms with Gasteiger partial charge < -0.3 is 5.11 Å². The lowest BCUT2D eigenvalue weighted by Crippen LogP contribution is -1.99. The zero-order valence-electron chi connectivity index (χ0n) is 10.8. The molecule has 3 aromatic rings. The van der Waals surface area contributed by atoms with Crippen LogP contribution in [0.1, 0.15) is 0 Å². The van der Waals surface area contributed by atoms with Gasteiger partial charge in [0.1, 0.15) is 16.1 Å². The molecule has 0 aliphatic rings. The summed E-state index contributed by atoms with van der Waals surface area (Å²) in [5, 5.41) is 19.9. The van der Waals surface area contributed by atoms with Gasteiger partial charge in [0.2, 0.25) is 5.13 Å². The highest BCUT2D eigenvalue weighted by Gasteiger charge is 2.20. The molecule has 0 saturated heterocycles. The van der Waals surface area contributed by atoms with Crippen LogP contribution >= 0.6 is 11.3 Å². The van der Waals surface area contributed by atoms with Crippen molar-refractivity contribution in [3.63, 3.8) is 0 Å². The molecule has 0 unspecified atom stereocenters. The Morgan fingerprint density at radius 3 is 2.68 bits per heavy atom. The van der Waals surface area contributed by atoms with Gasteiger partial charge in [-0.15, -0.1) is 21.6 Å². The molecule has 0 saturated carbocycles. The van der Waals surface area contributed by atoms with Gasteiger partial charge in [-0.2, -0.15) is 8.42 Å². The van der Waals surface area contributed by atoms with Crippen LogP contribution in [0.5, 0.6) is 5.75 Å². The monoisotopic (exact) mass is 336 g/mol. The third-order valence-electron chi connectivity index (χ3n) is 2.75. The lowest BCUT2D eigenvalue weighted by Gasteiger charge is -2.07. The minimum atomic E-state index is -4.51. The Morgan fingerprint density at radius 1 is 1.18 bits per heavy atom. The SMILES string of the molecule is O=S(=O)(O)c1cc(N=Nc2nccs2)c(O)c2ncccc12. The highest BCUT2D eigenvalue weighted by atomic mass is 32.2. The summed E-state index contributed by atoms with van der Waals surface area (Å²) in [7, 11) is -4.51. The summed E-state index contributed by atoms with van der Waals surface area (Å²) >= 11 is 1.22. The lowest BCUT2D eigenvalue weighted by atomic mass is 10.2. The molecule has 2 aromatic heterocycles. The Bertz CT molecular complexity index is 968. The smallest absolute Gasteiger partial charge is 0.295 e. The van der Waals surface area contributed by atoms with Gasteiger partial charge in [-0.3, -0.25) is 9.54 Å². The van der Waals surface area contributed by atoms with Crippen molar-refractivity contribution in [1.82, 2.24) is 9.97 Å². The van der Waals surface area contributed by atoms with Crippen molar-refractivity contribution >= 4 is 43.2 Å². The Balaban J connectivity index is 2.25. The molecule has 0 bridgehead atoms. The quantitative estimate of drug-likeness (QED) is 0.559. The van der Waals surface area contributed by atoms with E-state index >= 15 is 0 Å². The number of thiazole rings is 1. The number of hydrogen-bond acceptors (Lipinski definition) is 8. The molecule has 0 radical (unpaired) electrons. The van der Waals surface area contributed by atoms with E-state index in [1.807, 2.05) is 0 Å². The van der Waals surface area contributed by atoms with E-state index in [9.17, 15) is 18.1 Å². The van der Waals surface area contributed by atoms with Crippen molar-refractivity contribution in [2.24, 2.45) is 10.2 Å². The Kier molecular flexibility index (Phi) is 3.56. The third-order valence-corrected chi connectivity index (χ3v) is 4.30. The van der Waals surface area contributed by atoms with Crippen LogP contribution in [0.4, 0.5) is 10.8 Å². The van der Waals surface area contributed by atoms with E-state index < -0.39 is 15.0 Å². The number of benzene rings is 1. The summed E-state index contributed by atoms with van der Waals surface area (Å²) < 4.78 is 32.3. The predicted octanol–water partition coefficient (Wildman–Crippen LogP) is 3.06.